The molecule has 2 aliphatic rings. The highest BCUT2D eigenvalue weighted by Gasteiger charge is 2.25. The molecule has 0 aliphatic carbocycles. The number of nitrogens with zero attached hydrogens (tertiary/aromatic N) is 2. The minimum absolute atomic E-state index is 0. The maximum Gasteiger partial charge on any atom is 0.222 e. The van der Waals surface area contributed by atoms with Gasteiger partial charge in [0.1, 0.15) is 0 Å². The van der Waals surface area contributed by atoms with Crippen LogP contribution in [0.1, 0.15) is 38.2 Å². The van der Waals surface area contributed by atoms with Gasteiger partial charge in [0.25, 0.3) is 0 Å². The zero-order valence-corrected chi connectivity index (χ0v) is 18.1. The molecule has 2 aliphatic heterocycles. The lowest BCUT2D eigenvalue weighted by Crippen LogP contribution is -2.37. The lowest BCUT2D eigenvalue weighted by atomic mass is 9.84. The Bertz CT molecular complexity index is 537. The largest absolute Gasteiger partial charge is 0.341 e. The van der Waals surface area contributed by atoms with Gasteiger partial charge >= 0.3 is 0 Å². The Kier molecular flexibility index (Phi) is 11.3. The third kappa shape index (κ3) is 7.61. The van der Waals surface area contributed by atoms with Gasteiger partial charge in [0, 0.05) is 39.1 Å². The Labute approximate surface area is 176 Å². The second-order valence-corrected chi connectivity index (χ2v) is 7.76. The van der Waals surface area contributed by atoms with Gasteiger partial charge in [-0.15, -0.1) is 24.8 Å². The molecule has 0 aromatic heterocycles. The van der Waals surface area contributed by atoms with Crippen LogP contribution in [-0.4, -0.2) is 55.0 Å². The number of hydrogen-bond acceptors (Lipinski definition) is 3. The van der Waals surface area contributed by atoms with Crippen molar-refractivity contribution < 1.29 is 4.79 Å². The molecule has 0 spiro atoms. The first-order valence-corrected chi connectivity index (χ1v) is 9.97. The van der Waals surface area contributed by atoms with Crippen LogP contribution in [0.2, 0.25) is 0 Å². The van der Waals surface area contributed by atoms with Gasteiger partial charge in [0.15, 0.2) is 0 Å². The predicted molar refractivity (Wildman–Crippen MR) is 117 cm³/mol. The highest BCUT2D eigenvalue weighted by molar-refractivity contribution is 5.85. The molecule has 2 fully saturated rings. The first-order chi connectivity index (χ1) is 12.2. The van der Waals surface area contributed by atoms with E-state index in [2.05, 4.69) is 52.4 Å². The first-order valence-electron chi connectivity index (χ1n) is 9.97. The van der Waals surface area contributed by atoms with Crippen LogP contribution >= 0.6 is 24.8 Å². The number of amides is 1. The van der Waals surface area contributed by atoms with Crippen molar-refractivity contribution in [3.63, 3.8) is 0 Å². The Hall–Kier alpha value is -0.810. The van der Waals surface area contributed by atoms with E-state index in [-0.39, 0.29) is 24.8 Å². The fraction of sp³-hybridized carbons (Fsp3) is 0.667. The number of nitrogens with one attached hydrogen (secondary N) is 1. The second-order valence-electron chi connectivity index (χ2n) is 7.76. The van der Waals surface area contributed by atoms with Crippen molar-refractivity contribution in [1.29, 1.82) is 0 Å². The molecule has 1 amide bonds. The minimum atomic E-state index is 0. The smallest absolute Gasteiger partial charge is 0.222 e. The number of rotatable bonds is 5. The normalized spacial score (nSPS) is 20.1. The number of halogens is 2. The number of benzene rings is 1. The quantitative estimate of drug-likeness (QED) is 0.797. The minimum Gasteiger partial charge on any atom is -0.341 e. The molecule has 27 heavy (non-hydrogen) atoms. The summed E-state index contributed by atoms with van der Waals surface area (Å²) in [5.74, 6) is 1.60. The van der Waals surface area contributed by atoms with Crippen LogP contribution in [0.25, 0.3) is 0 Å². The highest BCUT2D eigenvalue weighted by Crippen LogP contribution is 2.25. The second kappa shape index (κ2) is 12.6. The van der Waals surface area contributed by atoms with E-state index in [0.29, 0.717) is 17.7 Å². The van der Waals surface area contributed by atoms with Crippen LogP contribution in [0.3, 0.4) is 0 Å². The van der Waals surface area contributed by atoms with Crippen molar-refractivity contribution in [2.75, 3.05) is 39.3 Å². The van der Waals surface area contributed by atoms with Gasteiger partial charge < -0.3 is 10.2 Å². The summed E-state index contributed by atoms with van der Waals surface area (Å²) in [5, 5.41) is 3.42. The third-order valence-corrected chi connectivity index (χ3v) is 5.88. The van der Waals surface area contributed by atoms with Gasteiger partial charge in [-0.05, 0) is 49.8 Å². The summed E-state index contributed by atoms with van der Waals surface area (Å²) in [6, 6.07) is 10.6. The Morgan fingerprint density at radius 2 is 1.78 bits per heavy atom. The summed E-state index contributed by atoms with van der Waals surface area (Å²) < 4.78 is 0. The average molecular weight is 416 g/mol. The van der Waals surface area contributed by atoms with Crippen LogP contribution in [0.4, 0.5) is 0 Å². The standard InChI is InChI=1S/C21H33N3O.2ClH/c1-18(20-8-10-22-11-9-20)16-21(25)24-13-5-12-23(14-15-24)17-19-6-3-2-4-7-19;;/h2-4,6-7,18,20,22H,5,8-17H2,1H3;2*1H. The molecule has 2 saturated heterocycles. The third-order valence-electron chi connectivity index (χ3n) is 5.88. The maximum absolute atomic E-state index is 12.8. The van der Waals surface area contributed by atoms with Crippen LogP contribution in [0, 0.1) is 11.8 Å². The van der Waals surface area contributed by atoms with Gasteiger partial charge in [-0.3, -0.25) is 9.69 Å². The van der Waals surface area contributed by atoms with Crippen molar-refractivity contribution in [2.45, 2.75) is 39.2 Å². The van der Waals surface area contributed by atoms with Crippen LogP contribution in [-0.2, 0) is 11.3 Å². The maximum atomic E-state index is 12.8. The average Bonchev–Trinajstić information content (AvgIpc) is 2.89. The first kappa shape index (κ1) is 24.2. The number of carbonyl (C=O) groups excluding carboxylic acids is 1. The molecule has 6 heteroatoms. The molecule has 4 nitrogen and oxygen atoms in total. The molecule has 154 valence electrons. The molecular formula is C21H35Cl2N3O. The molecule has 3 rings (SSSR count). The summed E-state index contributed by atoms with van der Waals surface area (Å²) in [4.78, 5) is 17.4. The van der Waals surface area contributed by atoms with Crippen molar-refractivity contribution in [3.05, 3.63) is 35.9 Å². The van der Waals surface area contributed by atoms with E-state index in [1.165, 1.54) is 18.4 Å². The molecule has 0 saturated carbocycles. The number of hydrogen-bond donors (Lipinski definition) is 1. The van der Waals surface area contributed by atoms with E-state index in [1.807, 2.05) is 0 Å². The molecule has 0 bridgehead atoms. The Balaban J connectivity index is 0.00000182. The van der Waals surface area contributed by atoms with Crippen LogP contribution in [0.15, 0.2) is 30.3 Å². The molecule has 0 radical (unpaired) electrons. The van der Waals surface area contributed by atoms with Crippen molar-refractivity contribution in [2.24, 2.45) is 11.8 Å². The van der Waals surface area contributed by atoms with Gasteiger partial charge in [0.2, 0.25) is 5.91 Å². The Morgan fingerprint density at radius 3 is 2.48 bits per heavy atom. The Morgan fingerprint density at radius 1 is 1.07 bits per heavy atom. The monoisotopic (exact) mass is 415 g/mol. The predicted octanol–water partition coefficient (Wildman–Crippen LogP) is 3.59. The van der Waals surface area contributed by atoms with E-state index in [1.54, 1.807) is 0 Å². The number of carbonyl (C=O) groups is 1. The topological polar surface area (TPSA) is 35.6 Å². The van der Waals surface area contributed by atoms with Crippen molar-refractivity contribution in [1.82, 2.24) is 15.1 Å². The van der Waals surface area contributed by atoms with E-state index in [0.717, 1.165) is 58.7 Å². The van der Waals surface area contributed by atoms with Gasteiger partial charge in [0.05, 0.1) is 0 Å². The van der Waals surface area contributed by atoms with E-state index < -0.39 is 0 Å². The van der Waals surface area contributed by atoms with E-state index in [4.69, 9.17) is 0 Å². The lowest BCUT2D eigenvalue weighted by molar-refractivity contribution is -0.132. The summed E-state index contributed by atoms with van der Waals surface area (Å²) in [5.41, 5.74) is 1.36. The highest BCUT2D eigenvalue weighted by atomic mass is 35.5. The van der Waals surface area contributed by atoms with E-state index in [9.17, 15) is 4.79 Å². The summed E-state index contributed by atoms with van der Waals surface area (Å²) >= 11 is 0. The molecule has 1 aromatic carbocycles. The fourth-order valence-corrected chi connectivity index (χ4v) is 4.20. The number of piperidine rings is 1. The lowest BCUT2D eigenvalue weighted by Gasteiger charge is -2.30. The molecular weight excluding hydrogens is 381 g/mol. The van der Waals surface area contributed by atoms with Gasteiger partial charge in [-0.25, -0.2) is 0 Å². The van der Waals surface area contributed by atoms with E-state index >= 15 is 0 Å². The van der Waals surface area contributed by atoms with Crippen molar-refractivity contribution >= 4 is 30.7 Å². The summed E-state index contributed by atoms with van der Waals surface area (Å²) in [6.45, 7) is 9.36. The van der Waals surface area contributed by atoms with Gasteiger partial charge in [-0.2, -0.15) is 0 Å². The molecule has 2 heterocycles. The molecule has 1 aromatic rings. The zero-order chi connectivity index (χ0) is 17.5. The SMILES string of the molecule is CC(CC(=O)N1CCCN(Cc2ccccc2)CC1)C1CCNCC1.Cl.Cl. The zero-order valence-electron chi connectivity index (χ0n) is 16.4. The molecule has 1 unspecified atom stereocenters. The summed E-state index contributed by atoms with van der Waals surface area (Å²) in [7, 11) is 0. The fourth-order valence-electron chi connectivity index (χ4n) is 4.20. The summed E-state index contributed by atoms with van der Waals surface area (Å²) in [6.07, 6.45) is 4.25. The van der Waals surface area contributed by atoms with Crippen LogP contribution < -0.4 is 5.32 Å². The van der Waals surface area contributed by atoms with Crippen LogP contribution in [0.5, 0.6) is 0 Å². The molecule has 1 atom stereocenters. The molecule has 1 N–H and O–H groups in total. The van der Waals surface area contributed by atoms with Gasteiger partial charge in [-0.1, -0.05) is 37.3 Å². The van der Waals surface area contributed by atoms with Crippen molar-refractivity contribution in [3.8, 4) is 0 Å².